The number of benzene rings is 2. The van der Waals surface area contributed by atoms with Crippen LogP contribution in [-0.4, -0.2) is 32.7 Å². The van der Waals surface area contributed by atoms with Gasteiger partial charge in [0.05, 0.1) is 26.2 Å². The van der Waals surface area contributed by atoms with Crippen molar-refractivity contribution in [2.45, 2.75) is 38.0 Å². The lowest BCUT2D eigenvalue weighted by atomic mass is 9.96. The Labute approximate surface area is 171 Å². The summed E-state index contributed by atoms with van der Waals surface area (Å²) in [6.07, 6.45) is 2.41. The van der Waals surface area contributed by atoms with Gasteiger partial charge in [-0.1, -0.05) is 18.2 Å². The molecular weight excluding hydrogens is 370 g/mol. The molecule has 2 aromatic carbocycles. The number of esters is 1. The van der Waals surface area contributed by atoms with Crippen LogP contribution in [0.3, 0.4) is 0 Å². The summed E-state index contributed by atoms with van der Waals surface area (Å²) in [6, 6.07) is 13.0. The zero-order valence-electron chi connectivity index (χ0n) is 17.1. The third-order valence-corrected chi connectivity index (χ3v) is 5.27. The highest BCUT2D eigenvalue weighted by Gasteiger charge is 2.52. The molecule has 2 aromatic rings. The van der Waals surface area contributed by atoms with Gasteiger partial charge in [0.25, 0.3) is 0 Å². The smallest absolute Gasteiger partial charge is 0.316 e. The molecular formula is C23H27NO5. The molecule has 1 fully saturated rings. The monoisotopic (exact) mass is 397 g/mol. The van der Waals surface area contributed by atoms with E-state index >= 15 is 0 Å². The predicted molar refractivity (Wildman–Crippen MR) is 110 cm³/mol. The molecule has 154 valence electrons. The van der Waals surface area contributed by atoms with Gasteiger partial charge in [0.2, 0.25) is 5.91 Å². The van der Waals surface area contributed by atoms with Crippen LogP contribution in [-0.2, 0) is 26.2 Å². The fourth-order valence-electron chi connectivity index (χ4n) is 3.51. The lowest BCUT2D eigenvalue weighted by Gasteiger charge is -2.15. The zero-order chi connectivity index (χ0) is 20.9. The second kappa shape index (κ2) is 8.99. The maximum atomic E-state index is 12.4. The Kier molecular flexibility index (Phi) is 6.42. The lowest BCUT2D eigenvalue weighted by Crippen LogP contribution is -2.23. The van der Waals surface area contributed by atoms with Crippen molar-refractivity contribution in [2.75, 3.05) is 26.1 Å². The molecule has 1 amide bonds. The number of rotatable bonds is 9. The molecule has 0 saturated heterocycles. The van der Waals surface area contributed by atoms with Crippen LogP contribution >= 0.6 is 0 Å². The van der Waals surface area contributed by atoms with Gasteiger partial charge in [0.1, 0.15) is 11.5 Å². The van der Waals surface area contributed by atoms with Crippen LogP contribution in [0, 0.1) is 0 Å². The molecule has 29 heavy (non-hydrogen) atoms. The van der Waals surface area contributed by atoms with Crippen LogP contribution in [0.4, 0.5) is 5.69 Å². The highest BCUT2D eigenvalue weighted by molar-refractivity contribution is 5.91. The number of carbonyl (C=O) groups is 2. The molecule has 6 nitrogen and oxygen atoms in total. The van der Waals surface area contributed by atoms with E-state index in [1.807, 2.05) is 49.4 Å². The fraction of sp³-hybridized carbons (Fsp3) is 0.391. The Morgan fingerprint density at radius 3 is 2.14 bits per heavy atom. The van der Waals surface area contributed by atoms with E-state index in [4.69, 9.17) is 14.2 Å². The molecule has 3 rings (SSSR count). The first-order valence-electron chi connectivity index (χ1n) is 9.81. The molecule has 0 unspecified atom stereocenters. The van der Waals surface area contributed by atoms with E-state index in [0.29, 0.717) is 36.6 Å². The molecule has 0 radical (unpaired) electrons. The summed E-state index contributed by atoms with van der Waals surface area (Å²) in [5, 5.41) is 2.90. The van der Waals surface area contributed by atoms with Crippen molar-refractivity contribution in [2.24, 2.45) is 0 Å². The number of nitrogens with one attached hydrogen (secondary N) is 1. The molecule has 1 N–H and O–H groups in total. The molecule has 0 atom stereocenters. The van der Waals surface area contributed by atoms with Crippen molar-refractivity contribution >= 4 is 17.6 Å². The Balaban J connectivity index is 1.60. The average Bonchev–Trinajstić information content (AvgIpc) is 3.54. The number of amides is 1. The van der Waals surface area contributed by atoms with Crippen LogP contribution in [0.15, 0.2) is 42.5 Å². The van der Waals surface area contributed by atoms with E-state index in [2.05, 4.69) is 5.32 Å². The molecule has 1 saturated carbocycles. The number of carbonyl (C=O) groups excluding carboxylic acids is 2. The van der Waals surface area contributed by atoms with Gasteiger partial charge in [-0.3, -0.25) is 9.59 Å². The summed E-state index contributed by atoms with van der Waals surface area (Å²) < 4.78 is 16.0. The number of ether oxygens (including phenoxy) is 3. The van der Waals surface area contributed by atoms with Crippen LogP contribution in [0.5, 0.6) is 11.5 Å². The van der Waals surface area contributed by atoms with E-state index in [-0.39, 0.29) is 11.9 Å². The Hall–Kier alpha value is -3.02. The van der Waals surface area contributed by atoms with Crippen LogP contribution < -0.4 is 14.8 Å². The van der Waals surface area contributed by atoms with Crippen molar-refractivity contribution in [3.05, 3.63) is 53.6 Å². The lowest BCUT2D eigenvalue weighted by molar-refractivity contribution is -0.146. The van der Waals surface area contributed by atoms with Gasteiger partial charge in [-0.25, -0.2) is 0 Å². The normalized spacial score (nSPS) is 14.0. The Morgan fingerprint density at radius 2 is 1.62 bits per heavy atom. The fourth-order valence-corrected chi connectivity index (χ4v) is 3.51. The predicted octanol–water partition coefficient (Wildman–Crippen LogP) is 3.87. The maximum absolute atomic E-state index is 12.4. The van der Waals surface area contributed by atoms with E-state index in [1.165, 1.54) is 0 Å². The number of hydrogen-bond donors (Lipinski definition) is 1. The first-order chi connectivity index (χ1) is 14.0. The van der Waals surface area contributed by atoms with Crippen molar-refractivity contribution in [1.29, 1.82) is 0 Å². The van der Waals surface area contributed by atoms with E-state index < -0.39 is 5.41 Å². The van der Waals surface area contributed by atoms with Gasteiger partial charge >= 0.3 is 5.97 Å². The third-order valence-electron chi connectivity index (χ3n) is 5.27. The topological polar surface area (TPSA) is 73.9 Å². The summed E-state index contributed by atoms with van der Waals surface area (Å²) in [6.45, 7) is 2.19. The van der Waals surface area contributed by atoms with Gasteiger partial charge in [-0.2, -0.15) is 0 Å². The minimum absolute atomic E-state index is 0.0998. The van der Waals surface area contributed by atoms with E-state index in [9.17, 15) is 9.59 Å². The molecule has 0 spiro atoms. The molecule has 1 aliphatic rings. The zero-order valence-corrected chi connectivity index (χ0v) is 17.1. The minimum Gasteiger partial charge on any atom is -0.496 e. The SMILES string of the molecule is CCOC(=O)C1(c2ccc(NC(=O)CCc3c(OC)cccc3OC)cc2)CC1. The molecule has 1 aliphatic carbocycles. The van der Waals surface area contributed by atoms with Crippen molar-refractivity contribution < 1.29 is 23.8 Å². The van der Waals surface area contributed by atoms with Gasteiger partial charge < -0.3 is 19.5 Å². The molecule has 0 aromatic heterocycles. The second-order valence-corrected chi connectivity index (χ2v) is 7.07. The standard InChI is InChI=1S/C23H27NO5/c1-4-29-22(26)23(14-15-23)16-8-10-17(11-9-16)24-21(25)13-12-18-19(27-2)6-5-7-20(18)28-3/h5-11H,4,12-15H2,1-3H3,(H,24,25). The maximum Gasteiger partial charge on any atom is 0.316 e. The molecule has 0 heterocycles. The summed E-state index contributed by atoms with van der Waals surface area (Å²) in [7, 11) is 3.20. The van der Waals surface area contributed by atoms with E-state index in [1.54, 1.807) is 14.2 Å². The largest absolute Gasteiger partial charge is 0.496 e. The molecule has 6 heteroatoms. The van der Waals surface area contributed by atoms with Crippen molar-refractivity contribution in [3.63, 3.8) is 0 Å². The summed E-state index contributed by atoms with van der Waals surface area (Å²) in [4.78, 5) is 24.6. The van der Waals surface area contributed by atoms with Crippen LogP contribution in [0.1, 0.15) is 37.3 Å². The van der Waals surface area contributed by atoms with Gasteiger partial charge in [-0.05, 0) is 56.0 Å². The van der Waals surface area contributed by atoms with Crippen molar-refractivity contribution in [3.8, 4) is 11.5 Å². The number of anilines is 1. The summed E-state index contributed by atoms with van der Waals surface area (Å²) in [5.41, 5.74) is 2.00. The minimum atomic E-state index is -0.501. The number of hydrogen-bond acceptors (Lipinski definition) is 5. The van der Waals surface area contributed by atoms with Crippen LogP contribution in [0.25, 0.3) is 0 Å². The van der Waals surface area contributed by atoms with Gasteiger partial charge in [0.15, 0.2) is 0 Å². The van der Waals surface area contributed by atoms with E-state index in [0.717, 1.165) is 24.0 Å². The first-order valence-corrected chi connectivity index (χ1v) is 9.81. The van der Waals surface area contributed by atoms with Gasteiger partial charge in [-0.15, -0.1) is 0 Å². The van der Waals surface area contributed by atoms with Crippen LogP contribution in [0.2, 0.25) is 0 Å². The molecule has 0 aliphatic heterocycles. The highest BCUT2D eigenvalue weighted by Crippen LogP contribution is 2.49. The van der Waals surface area contributed by atoms with Gasteiger partial charge in [0, 0.05) is 17.7 Å². The summed E-state index contributed by atoms with van der Waals surface area (Å²) >= 11 is 0. The Morgan fingerprint density at radius 1 is 1.00 bits per heavy atom. The second-order valence-electron chi connectivity index (χ2n) is 7.07. The third kappa shape index (κ3) is 4.53. The summed E-state index contributed by atoms with van der Waals surface area (Å²) in [5.74, 6) is 1.14. The quantitative estimate of drug-likeness (QED) is 0.650. The first kappa shape index (κ1) is 20.7. The Bertz CT molecular complexity index is 849. The number of methoxy groups -OCH3 is 2. The average molecular weight is 397 g/mol. The van der Waals surface area contributed by atoms with Crippen molar-refractivity contribution in [1.82, 2.24) is 0 Å². The molecule has 0 bridgehead atoms. The highest BCUT2D eigenvalue weighted by atomic mass is 16.5.